The molecule has 1 aliphatic heterocycles. The second-order valence-corrected chi connectivity index (χ2v) is 7.78. The van der Waals surface area contributed by atoms with E-state index in [4.69, 9.17) is 16.3 Å². The smallest absolute Gasteiger partial charge is 0.414 e. The van der Waals surface area contributed by atoms with Crippen molar-refractivity contribution in [2.75, 3.05) is 29.9 Å². The van der Waals surface area contributed by atoms with Crippen LogP contribution in [0.2, 0.25) is 5.02 Å². The number of aromatic nitrogens is 2. The summed E-state index contributed by atoms with van der Waals surface area (Å²) in [5, 5.41) is 3.76. The summed E-state index contributed by atoms with van der Waals surface area (Å²) in [4.78, 5) is 47.5. The average molecular weight is 456 g/mol. The van der Waals surface area contributed by atoms with Gasteiger partial charge in [-0.15, -0.1) is 0 Å². The van der Waals surface area contributed by atoms with Crippen LogP contribution in [0.25, 0.3) is 10.9 Å². The summed E-state index contributed by atoms with van der Waals surface area (Å²) >= 11 is 6.03. The monoisotopic (exact) mass is 455 g/mol. The molecule has 2 N–H and O–H groups in total. The second kappa shape index (κ2) is 9.27. The van der Waals surface area contributed by atoms with E-state index in [2.05, 4.69) is 15.3 Å². The van der Waals surface area contributed by atoms with Gasteiger partial charge in [0, 0.05) is 22.9 Å². The van der Waals surface area contributed by atoms with E-state index in [1.54, 1.807) is 47.4 Å². The van der Waals surface area contributed by atoms with Crippen molar-refractivity contribution in [1.82, 2.24) is 14.9 Å². The van der Waals surface area contributed by atoms with Gasteiger partial charge < -0.3 is 19.9 Å². The SMILES string of the molecule is CCCN(Cc1nc2cc(Cl)ccc2c(=O)[nH]1)C(=O)Nc1cccc(N2CCOC2=O)c1. The molecule has 0 atom stereocenters. The number of aromatic amines is 1. The lowest BCUT2D eigenvalue weighted by Gasteiger charge is -2.22. The van der Waals surface area contributed by atoms with Crippen molar-refractivity contribution in [1.29, 1.82) is 0 Å². The normalized spacial score (nSPS) is 13.3. The summed E-state index contributed by atoms with van der Waals surface area (Å²) in [6.45, 7) is 3.33. The maximum absolute atomic E-state index is 13.0. The summed E-state index contributed by atoms with van der Waals surface area (Å²) in [5.74, 6) is 0.363. The van der Waals surface area contributed by atoms with Crippen LogP contribution in [0.3, 0.4) is 0 Å². The zero-order chi connectivity index (χ0) is 22.7. The number of rotatable bonds is 6. The molecule has 0 aliphatic carbocycles. The predicted octanol–water partition coefficient (Wildman–Crippen LogP) is 3.98. The molecule has 2 aromatic carbocycles. The second-order valence-electron chi connectivity index (χ2n) is 7.34. The van der Waals surface area contributed by atoms with Gasteiger partial charge in [0.25, 0.3) is 5.56 Å². The van der Waals surface area contributed by atoms with Gasteiger partial charge in [-0.2, -0.15) is 0 Å². The fourth-order valence-corrected chi connectivity index (χ4v) is 3.69. The van der Waals surface area contributed by atoms with Crippen molar-refractivity contribution in [3.05, 3.63) is 63.7 Å². The fraction of sp³-hybridized carbons (Fsp3) is 0.273. The van der Waals surface area contributed by atoms with Crippen molar-refractivity contribution < 1.29 is 14.3 Å². The summed E-state index contributed by atoms with van der Waals surface area (Å²) in [6.07, 6.45) is 0.309. The van der Waals surface area contributed by atoms with Gasteiger partial charge in [0.1, 0.15) is 12.4 Å². The third-order valence-corrected chi connectivity index (χ3v) is 5.24. The Kier molecular flexibility index (Phi) is 6.27. The minimum atomic E-state index is -0.410. The van der Waals surface area contributed by atoms with Crippen LogP contribution in [0.15, 0.2) is 47.3 Å². The van der Waals surface area contributed by atoms with Gasteiger partial charge in [0.15, 0.2) is 0 Å². The van der Waals surface area contributed by atoms with Gasteiger partial charge in [0.2, 0.25) is 0 Å². The molecule has 1 aromatic heterocycles. The van der Waals surface area contributed by atoms with Gasteiger partial charge in [-0.3, -0.25) is 9.69 Å². The summed E-state index contributed by atoms with van der Waals surface area (Å²) in [6, 6.07) is 11.5. The number of nitrogens with one attached hydrogen (secondary N) is 2. The molecule has 3 amide bonds. The summed E-state index contributed by atoms with van der Waals surface area (Å²) < 4.78 is 4.97. The lowest BCUT2D eigenvalue weighted by atomic mass is 10.2. The standard InChI is InChI=1S/C22H22ClN5O4/c1-2-8-27(13-19-25-18-11-14(23)6-7-17(18)20(29)26-19)21(30)24-15-4-3-5-16(12-15)28-9-10-32-22(28)31/h3-7,11-12H,2,8-10,13H2,1H3,(H,24,30)(H,25,26,29). The molecule has 0 bridgehead atoms. The molecule has 1 saturated heterocycles. The molecule has 9 nitrogen and oxygen atoms in total. The van der Waals surface area contributed by atoms with Crippen LogP contribution in [-0.4, -0.2) is 46.7 Å². The molecule has 2 heterocycles. The number of urea groups is 1. The van der Waals surface area contributed by atoms with E-state index in [1.165, 1.54) is 4.90 Å². The van der Waals surface area contributed by atoms with Crippen molar-refractivity contribution in [2.45, 2.75) is 19.9 Å². The molecule has 166 valence electrons. The molecule has 3 aromatic rings. The highest BCUT2D eigenvalue weighted by atomic mass is 35.5. The third kappa shape index (κ3) is 4.67. The quantitative estimate of drug-likeness (QED) is 0.584. The molecular weight excluding hydrogens is 434 g/mol. The van der Waals surface area contributed by atoms with Gasteiger partial charge in [-0.25, -0.2) is 14.6 Å². The Morgan fingerprint density at radius 1 is 1.28 bits per heavy atom. The van der Waals surface area contributed by atoms with Crippen molar-refractivity contribution in [2.24, 2.45) is 0 Å². The Morgan fingerprint density at radius 3 is 2.88 bits per heavy atom. The highest BCUT2D eigenvalue weighted by Crippen LogP contribution is 2.23. The number of fused-ring (bicyclic) bond motifs is 1. The number of benzene rings is 2. The summed E-state index contributed by atoms with van der Waals surface area (Å²) in [5.41, 5.74) is 1.37. The van der Waals surface area contributed by atoms with E-state index in [-0.39, 0.29) is 18.1 Å². The van der Waals surface area contributed by atoms with Crippen LogP contribution in [-0.2, 0) is 11.3 Å². The number of cyclic esters (lactones) is 1. The van der Waals surface area contributed by atoms with E-state index >= 15 is 0 Å². The zero-order valence-corrected chi connectivity index (χ0v) is 18.2. The van der Waals surface area contributed by atoms with E-state index in [0.717, 1.165) is 6.42 Å². The Balaban J connectivity index is 1.53. The number of H-pyrrole nitrogens is 1. The maximum atomic E-state index is 13.0. The highest BCUT2D eigenvalue weighted by Gasteiger charge is 2.24. The Bertz CT molecular complexity index is 1230. The lowest BCUT2D eigenvalue weighted by molar-refractivity contribution is 0.181. The van der Waals surface area contributed by atoms with Crippen LogP contribution in [0.4, 0.5) is 21.0 Å². The minimum Gasteiger partial charge on any atom is -0.447 e. The van der Waals surface area contributed by atoms with Gasteiger partial charge in [0.05, 0.1) is 24.0 Å². The summed E-state index contributed by atoms with van der Waals surface area (Å²) in [7, 11) is 0. The number of nitrogens with zero attached hydrogens (tertiary/aromatic N) is 3. The number of carbonyl (C=O) groups excluding carboxylic acids is 2. The van der Waals surface area contributed by atoms with Crippen molar-refractivity contribution in [3.63, 3.8) is 0 Å². The van der Waals surface area contributed by atoms with Crippen LogP contribution in [0, 0.1) is 0 Å². The topological polar surface area (TPSA) is 108 Å². The zero-order valence-electron chi connectivity index (χ0n) is 17.4. The number of ether oxygens (including phenoxy) is 1. The number of anilines is 2. The molecule has 1 aliphatic rings. The van der Waals surface area contributed by atoms with Gasteiger partial charge in [-0.1, -0.05) is 24.6 Å². The Labute approximate surface area is 188 Å². The average Bonchev–Trinajstić information content (AvgIpc) is 3.19. The lowest BCUT2D eigenvalue weighted by Crippen LogP contribution is -2.36. The predicted molar refractivity (Wildman–Crippen MR) is 122 cm³/mol. The van der Waals surface area contributed by atoms with E-state index in [0.29, 0.717) is 52.8 Å². The van der Waals surface area contributed by atoms with Crippen molar-refractivity contribution in [3.8, 4) is 0 Å². The number of halogens is 1. The van der Waals surface area contributed by atoms with Gasteiger partial charge in [-0.05, 0) is 42.8 Å². The first-order valence-corrected chi connectivity index (χ1v) is 10.6. The van der Waals surface area contributed by atoms with E-state index < -0.39 is 6.09 Å². The minimum absolute atomic E-state index is 0.121. The highest BCUT2D eigenvalue weighted by molar-refractivity contribution is 6.31. The van der Waals surface area contributed by atoms with Crippen LogP contribution in [0.1, 0.15) is 19.2 Å². The van der Waals surface area contributed by atoms with E-state index in [9.17, 15) is 14.4 Å². The van der Waals surface area contributed by atoms with E-state index in [1.807, 2.05) is 6.92 Å². The maximum Gasteiger partial charge on any atom is 0.414 e. The Morgan fingerprint density at radius 2 is 2.12 bits per heavy atom. The molecule has 10 heteroatoms. The molecule has 0 saturated carbocycles. The number of carbonyl (C=O) groups is 2. The molecule has 1 fully saturated rings. The number of hydrogen-bond acceptors (Lipinski definition) is 5. The Hall–Kier alpha value is -3.59. The molecule has 0 spiro atoms. The van der Waals surface area contributed by atoms with Crippen molar-refractivity contribution >= 4 is 46.0 Å². The number of hydrogen-bond donors (Lipinski definition) is 2. The molecule has 0 unspecified atom stereocenters. The molecule has 0 radical (unpaired) electrons. The molecule has 4 rings (SSSR count). The van der Waals surface area contributed by atoms with Crippen LogP contribution >= 0.6 is 11.6 Å². The van der Waals surface area contributed by atoms with Crippen LogP contribution in [0.5, 0.6) is 0 Å². The first kappa shape index (κ1) is 21.6. The largest absolute Gasteiger partial charge is 0.447 e. The van der Waals surface area contributed by atoms with Crippen LogP contribution < -0.4 is 15.8 Å². The molecule has 32 heavy (non-hydrogen) atoms. The first-order valence-electron chi connectivity index (χ1n) is 10.2. The third-order valence-electron chi connectivity index (χ3n) is 5.01. The first-order chi connectivity index (χ1) is 15.4. The molecular formula is C22H22ClN5O4. The number of amides is 3. The van der Waals surface area contributed by atoms with Gasteiger partial charge >= 0.3 is 12.1 Å². The fourth-order valence-electron chi connectivity index (χ4n) is 3.52.